The molecule has 3 heterocycles. The van der Waals surface area contributed by atoms with E-state index in [0.29, 0.717) is 24.4 Å². The Bertz CT molecular complexity index is 707. The fourth-order valence-corrected chi connectivity index (χ4v) is 5.11. The van der Waals surface area contributed by atoms with Crippen molar-refractivity contribution in [3.05, 3.63) is 17.4 Å². The normalized spacial score (nSPS) is 22.7. The van der Waals surface area contributed by atoms with E-state index in [0.717, 1.165) is 77.2 Å². The molecule has 4 rings (SSSR count). The van der Waals surface area contributed by atoms with Crippen LogP contribution in [-0.4, -0.2) is 70.9 Å². The summed E-state index contributed by atoms with van der Waals surface area (Å²) < 4.78 is 0. The zero-order chi connectivity index (χ0) is 20.3. The van der Waals surface area contributed by atoms with Crippen molar-refractivity contribution in [3.63, 3.8) is 0 Å². The van der Waals surface area contributed by atoms with Gasteiger partial charge in [0.05, 0.1) is 17.4 Å². The van der Waals surface area contributed by atoms with Gasteiger partial charge in [-0.15, -0.1) is 0 Å². The fourth-order valence-electron chi connectivity index (χ4n) is 5.01. The zero-order valence-corrected chi connectivity index (χ0v) is 17.7. The summed E-state index contributed by atoms with van der Waals surface area (Å²) in [6.07, 6.45) is 10.7. The molecule has 2 amide bonds. The van der Waals surface area contributed by atoms with Crippen molar-refractivity contribution in [2.75, 3.05) is 44.2 Å². The van der Waals surface area contributed by atoms with E-state index >= 15 is 0 Å². The minimum atomic E-state index is -0.00184. The first-order chi connectivity index (χ1) is 14.0. The van der Waals surface area contributed by atoms with Gasteiger partial charge in [-0.1, -0.05) is 24.4 Å². The number of piperazine rings is 1. The number of carbonyl (C=O) groups excluding carboxylic acids is 2. The second-order valence-electron chi connectivity index (χ2n) is 8.74. The Morgan fingerprint density at radius 1 is 0.897 bits per heavy atom. The standard InChI is InChI=1S/C21H30ClN5O2/c22-17-15-23-20(24-16-17)26-11-9-25(10-12-26)7-3-4-8-27-18(28)13-21(14-19(27)29)5-1-2-6-21/h15-16H,1-14H2. The molecule has 29 heavy (non-hydrogen) atoms. The van der Waals surface area contributed by atoms with Crippen LogP contribution < -0.4 is 4.90 Å². The van der Waals surface area contributed by atoms with Gasteiger partial charge >= 0.3 is 0 Å². The molecule has 0 aromatic carbocycles. The summed E-state index contributed by atoms with van der Waals surface area (Å²) in [5.74, 6) is 0.843. The predicted molar refractivity (Wildman–Crippen MR) is 112 cm³/mol. The van der Waals surface area contributed by atoms with Crippen molar-refractivity contribution in [2.24, 2.45) is 5.41 Å². The average molecular weight is 420 g/mol. The highest BCUT2D eigenvalue weighted by Crippen LogP contribution is 2.46. The van der Waals surface area contributed by atoms with Crippen LogP contribution in [0.5, 0.6) is 0 Å². The van der Waals surface area contributed by atoms with E-state index in [9.17, 15) is 9.59 Å². The van der Waals surface area contributed by atoms with Gasteiger partial charge in [-0.05, 0) is 37.6 Å². The van der Waals surface area contributed by atoms with Crippen molar-refractivity contribution < 1.29 is 9.59 Å². The van der Waals surface area contributed by atoms with Gasteiger partial charge in [0.25, 0.3) is 0 Å². The zero-order valence-electron chi connectivity index (χ0n) is 17.0. The van der Waals surface area contributed by atoms with Gasteiger partial charge in [-0.2, -0.15) is 0 Å². The number of hydrogen-bond donors (Lipinski definition) is 0. The fraction of sp³-hybridized carbons (Fsp3) is 0.714. The number of likely N-dealkylation sites (tertiary alicyclic amines) is 1. The number of unbranched alkanes of at least 4 members (excludes halogenated alkanes) is 1. The Morgan fingerprint density at radius 2 is 1.48 bits per heavy atom. The molecule has 0 radical (unpaired) electrons. The molecule has 2 aliphatic heterocycles. The molecule has 7 nitrogen and oxygen atoms in total. The highest BCUT2D eigenvalue weighted by atomic mass is 35.5. The van der Waals surface area contributed by atoms with Crippen LogP contribution in [0.25, 0.3) is 0 Å². The van der Waals surface area contributed by atoms with E-state index in [2.05, 4.69) is 19.8 Å². The second-order valence-corrected chi connectivity index (χ2v) is 9.17. The highest BCUT2D eigenvalue weighted by Gasteiger charge is 2.44. The van der Waals surface area contributed by atoms with E-state index in [4.69, 9.17) is 11.6 Å². The quantitative estimate of drug-likeness (QED) is 0.521. The minimum absolute atomic E-state index is 0.00184. The summed E-state index contributed by atoms with van der Waals surface area (Å²) >= 11 is 5.85. The first-order valence-corrected chi connectivity index (χ1v) is 11.2. The second kappa shape index (κ2) is 8.96. The molecule has 2 saturated heterocycles. The Morgan fingerprint density at radius 3 is 2.10 bits per heavy atom. The van der Waals surface area contributed by atoms with Crippen molar-refractivity contribution in [3.8, 4) is 0 Å². The van der Waals surface area contributed by atoms with Crippen LogP contribution in [0.4, 0.5) is 5.95 Å². The number of halogens is 1. The number of amides is 2. The third kappa shape index (κ3) is 4.89. The van der Waals surface area contributed by atoms with Crippen LogP contribution in [-0.2, 0) is 9.59 Å². The van der Waals surface area contributed by atoms with Gasteiger partial charge in [-0.3, -0.25) is 19.4 Å². The Balaban J connectivity index is 1.15. The maximum absolute atomic E-state index is 12.5. The third-order valence-corrected chi connectivity index (χ3v) is 6.88. The van der Waals surface area contributed by atoms with E-state index in [-0.39, 0.29) is 17.2 Å². The average Bonchev–Trinajstić information content (AvgIpc) is 3.15. The van der Waals surface area contributed by atoms with Gasteiger partial charge in [0.15, 0.2) is 0 Å². The van der Waals surface area contributed by atoms with Gasteiger partial charge in [0.2, 0.25) is 17.8 Å². The van der Waals surface area contributed by atoms with Crippen molar-refractivity contribution in [1.82, 2.24) is 19.8 Å². The lowest BCUT2D eigenvalue weighted by atomic mass is 9.76. The predicted octanol–water partition coefficient (Wildman–Crippen LogP) is 2.74. The van der Waals surface area contributed by atoms with E-state index in [1.807, 2.05) is 0 Å². The molecule has 8 heteroatoms. The molecule has 0 unspecified atom stereocenters. The van der Waals surface area contributed by atoms with E-state index < -0.39 is 0 Å². The maximum Gasteiger partial charge on any atom is 0.229 e. The van der Waals surface area contributed by atoms with Gasteiger partial charge in [-0.25, -0.2) is 9.97 Å². The van der Waals surface area contributed by atoms with Crippen molar-refractivity contribution in [1.29, 1.82) is 0 Å². The molecule has 1 aliphatic carbocycles. The van der Waals surface area contributed by atoms with Crippen LogP contribution in [0.1, 0.15) is 51.4 Å². The Labute approximate surface area is 177 Å². The summed E-state index contributed by atoms with van der Waals surface area (Å²) in [5, 5.41) is 0.552. The maximum atomic E-state index is 12.5. The van der Waals surface area contributed by atoms with E-state index in [1.54, 1.807) is 12.4 Å². The van der Waals surface area contributed by atoms with E-state index in [1.165, 1.54) is 4.90 Å². The molecule has 1 aromatic rings. The number of imide groups is 1. The van der Waals surface area contributed by atoms with Gasteiger partial charge in [0.1, 0.15) is 0 Å². The first-order valence-electron chi connectivity index (χ1n) is 10.8. The number of nitrogens with zero attached hydrogens (tertiary/aromatic N) is 5. The summed E-state index contributed by atoms with van der Waals surface area (Å²) in [6.45, 7) is 5.30. The monoisotopic (exact) mass is 419 g/mol. The lowest BCUT2D eigenvalue weighted by Crippen LogP contribution is -2.48. The molecule has 0 N–H and O–H groups in total. The minimum Gasteiger partial charge on any atom is -0.338 e. The largest absolute Gasteiger partial charge is 0.338 e. The lowest BCUT2D eigenvalue weighted by Gasteiger charge is -2.37. The van der Waals surface area contributed by atoms with Crippen molar-refractivity contribution >= 4 is 29.4 Å². The van der Waals surface area contributed by atoms with Crippen molar-refractivity contribution in [2.45, 2.75) is 51.4 Å². The van der Waals surface area contributed by atoms with Crippen LogP contribution in [0, 0.1) is 5.41 Å². The highest BCUT2D eigenvalue weighted by molar-refractivity contribution is 6.30. The summed E-state index contributed by atoms with van der Waals surface area (Å²) in [6, 6.07) is 0. The van der Waals surface area contributed by atoms with Gasteiger partial charge in [0, 0.05) is 45.6 Å². The number of piperidine rings is 1. The number of anilines is 1. The number of hydrogen-bond acceptors (Lipinski definition) is 6. The summed E-state index contributed by atoms with van der Waals surface area (Å²) in [5.41, 5.74) is -0.00184. The lowest BCUT2D eigenvalue weighted by molar-refractivity contribution is -0.153. The Hall–Kier alpha value is -1.73. The molecule has 1 spiro atoms. The summed E-state index contributed by atoms with van der Waals surface area (Å²) in [7, 11) is 0. The first kappa shape index (κ1) is 20.5. The SMILES string of the molecule is O=C1CC2(CCCC2)CC(=O)N1CCCCN1CCN(c2ncc(Cl)cn2)CC1. The van der Waals surface area contributed by atoms with Crippen LogP contribution in [0.2, 0.25) is 5.02 Å². The number of carbonyl (C=O) groups is 2. The molecule has 0 atom stereocenters. The molecule has 3 fully saturated rings. The van der Waals surface area contributed by atoms with Crippen LogP contribution in [0.3, 0.4) is 0 Å². The molecule has 158 valence electrons. The Kier molecular flexibility index (Phi) is 6.35. The third-order valence-electron chi connectivity index (χ3n) is 6.69. The molecule has 1 saturated carbocycles. The van der Waals surface area contributed by atoms with Crippen LogP contribution >= 0.6 is 11.6 Å². The molecular formula is C21H30ClN5O2. The molecule has 1 aromatic heterocycles. The molecule has 0 bridgehead atoms. The smallest absolute Gasteiger partial charge is 0.229 e. The molecule has 3 aliphatic rings. The topological polar surface area (TPSA) is 69.6 Å². The molecular weight excluding hydrogens is 390 g/mol. The summed E-state index contributed by atoms with van der Waals surface area (Å²) in [4.78, 5) is 39.8. The van der Waals surface area contributed by atoms with Crippen LogP contribution in [0.15, 0.2) is 12.4 Å². The van der Waals surface area contributed by atoms with Gasteiger partial charge < -0.3 is 4.90 Å². The number of rotatable bonds is 6. The number of aromatic nitrogens is 2.